The summed E-state index contributed by atoms with van der Waals surface area (Å²) in [6.07, 6.45) is -33.9. The molecule has 4 aliphatic heterocycles. The fourth-order valence-corrected chi connectivity index (χ4v) is 19.2. The zero-order chi connectivity index (χ0) is 102. The summed E-state index contributed by atoms with van der Waals surface area (Å²) in [5.41, 5.74) is -1.81. The molecule has 135 heavy (non-hydrogen) atoms. The van der Waals surface area contributed by atoms with E-state index < -0.39 is 273 Å². The molecule has 0 radical (unpaired) electrons. The van der Waals surface area contributed by atoms with Gasteiger partial charge >= 0.3 is 90.6 Å². The lowest BCUT2D eigenvalue weighted by atomic mass is 9.50. The second-order valence-corrected chi connectivity index (χ2v) is 42.6. The SMILES string of the molecule is CC1(COC(=O)C2CCCCC2C(=O)OC(CS(=O)(=O)[O-])C(F)(F)F)COC1.CC1(COC(=O)CCC(=O)OC(CS(=O)(=O)[O-])C(F)(F)F)CO1.CC1(OC(=O)C2CCCCC2C(=O)OC(CS(=O)(=O)[O-])C(F)(F)F)C2CC3CC(C2)CC1C3.CCC1(COC(=O)CCC(=O)OC(CS(=O)(=O)[O-])C(F)(F)F)COC1.O=C(OCC1CO1)C1CCCCC1C(=O)OC(CS(=O)(=O)[O-])C(F)(F)F. The number of carbonyl (C=O) groups is 10. The van der Waals surface area contributed by atoms with E-state index in [4.69, 9.17) is 42.6 Å². The normalized spacial score (nSPS) is 27.4. The molecule has 39 nitrogen and oxygen atoms in total. The molecule has 0 aromatic carbocycles. The molecule has 4 saturated heterocycles. The average Bonchev–Trinajstić information content (AvgIpc) is 1.41. The van der Waals surface area contributed by atoms with Gasteiger partial charge in [0.05, 0.1) is 186 Å². The van der Waals surface area contributed by atoms with Crippen molar-refractivity contribution < 1.29 is 245 Å². The first kappa shape index (κ1) is 117. The zero-order valence-corrected chi connectivity index (χ0v) is 76.6. The van der Waals surface area contributed by atoms with Crippen LogP contribution in [0.15, 0.2) is 0 Å². The van der Waals surface area contributed by atoms with Gasteiger partial charge in [-0.15, -0.1) is 0 Å². The highest BCUT2D eigenvalue weighted by Crippen LogP contribution is 2.60. The zero-order valence-electron chi connectivity index (χ0n) is 72.5. The second-order valence-electron chi connectivity index (χ2n) is 35.4. The van der Waals surface area contributed by atoms with Crippen LogP contribution in [0.2, 0.25) is 0 Å². The number of hydrogen-bond donors (Lipinski definition) is 0. The summed E-state index contributed by atoms with van der Waals surface area (Å²) in [5.74, 6) is -24.8. The first-order valence-electron chi connectivity index (χ1n) is 42.0. The van der Waals surface area contributed by atoms with Crippen LogP contribution in [-0.4, -0.2) is 298 Å². The van der Waals surface area contributed by atoms with Gasteiger partial charge in [0.25, 0.3) is 0 Å². The molecular formula is C76H102F15O39S5-5. The minimum Gasteiger partial charge on any atom is -0.748 e. The van der Waals surface area contributed by atoms with Gasteiger partial charge in [-0.2, -0.15) is 65.9 Å². The number of rotatable bonds is 37. The second kappa shape index (κ2) is 47.5. The Balaban J connectivity index is 0.000000261. The van der Waals surface area contributed by atoms with E-state index in [9.17, 15) is 179 Å². The molecule has 11 fully saturated rings. The standard InChI is InChI=1S/C22H31F3O7S.C16H23F3O8S.C14H19F3O8S.C13H19F3O8S.C11H15F3O8S/c1-21(14-7-12-6-13(9-14)10-15(21)8-12)32-20(27)17-5-3-2-4-16(17)19(26)31-18(22(23,24)25)11-33(28,29)30;1-15(7-25-8-15)9-26-13(20)10-4-2-3-5-11(10)14(21)27-12(16(17,18)19)6-28(22,23)24;15-14(16,17)11(7-26(20,21)22)25-13(19)10-4-2-1-3-9(10)12(18)24-6-8-5-23-8;1-2-12(6-22-7-12)8-23-10(17)3-4-11(18)24-9(13(14,15)16)5-25(19,20)21;1-10(6-21-10)5-20-8(15)2-3-9(16)22-7(11(12,13)14)4-23(17,18)19/h12-18H,2-11H2,1H3,(H,28,29,30);10-12H,2-9H2,1H3,(H,22,23,24);8-11H,1-7H2,(H,20,21,22);9H,2-8H2,1H3,(H,19,20,21);7H,2-6H2,1H3,(H,17,18,19)/p-5. The third kappa shape index (κ3) is 40.3. The molecule has 4 heterocycles. The lowest BCUT2D eigenvalue weighted by Crippen LogP contribution is -2.58. The van der Waals surface area contributed by atoms with Crippen molar-refractivity contribution in [2.75, 3.05) is 94.8 Å². The third-order valence-electron chi connectivity index (χ3n) is 23.7. The predicted molar refractivity (Wildman–Crippen MR) is 409 cm³/mol. The van der Waals surface area contributed by atoms with E-state index in [1.54, 1.807) is 6.92 Å². The van der Waals surface area contributed by atoms with Gasteiger partial charge in [0.2, 0.25) is 30.5 Å². The van der Waals surface area contributed by atoms with Crippen molar-refractivity contribution in [3.8, 4) is 0 Å². The molecule has 13 atom stereocenters. The first-order chi connectivity index (χ1) is 61.7. The Bertz CT molecular complexity index is 4630. The minimum atomic E-state index is -5.29. The van der Waals surface area contributed by atoms with E-state index in [0.29, 0.717) is 96.4 Å². The summed E-state index contributed by atoms with van der Waals surface area (Å²) in [6, 6.07) is 0. The largest absolute Gasteiger partial charge is 0.748 e. The molecule has 7 saturated carbocycles. The number of alkyl halides is 15. The van der Waals surface area contributed by atoms with E-state index in [0.717, 1.165) is 25.7 Å². The Kier molecular flexibility index (Phi) is 41.1. The summed E-state index contributed by atoms with van der Waals surface area (Å²) in [6.45, 7) is 9.94. The topological polar surface area (TPSA) is 593 Å². The molecule has 0 N–H and O–H groups in total. The number of ether oxygens (including phenoxy) is 14. The van der Waals surface area contributed by atoms with Crippen molar-refractivity contribution in [2.45, 2.75) is 248 Å². The molecule has 0 amide bonds. The van der Waals surface area contributed by atoms with Crippen molar-refractivity contribution >= 4 is 110 Å². The van der Waals surface area contributed by atoms with Crippen molar-refractivity contribution in [2.24, 2.45) is 70.0 Å². The van der Waals surface area contributed by atoms with Crippen LogP contribution in [0.25, 0.3) is 0 Å². The van der Waals surface area contributed by atoms with E-state index in [1.165, 1.54) is 6.42 Å². The van der Waals surface area contributed by atoms with Crippen LogP contribution in [0, 0.1) is 70.0 Å². The highest BCUT2D eigenvalue weighted by molar-refractivity contribution is 7.86. The van der Waals surface area contributed by atoms with Crippen LogP contribution < -0.4 is 0 Å². The maximum absolute atomic E-state index is 13.2. The Morgan fingerprint density at radius 2 is 0.644 bits per heavy atom. The van der Waals surface area contributed by atoms with Gasteiger partial charge in [-0.3, -0.25) is 47.9 Å². The number of halogens is 15. The lowest BCUT2D eigenvalue weighted by Gasteiger charge is -2.59. The van der Waals surface area contributed by atoms with Gasteiger partial charge in [0.15, 0.2) is 0 Å². The molecule has 59 heteroatoms. The maximum atomic E-state index is 13.2. The maximum Gasteiger partial charge on any atom is 0.426 e. The summed E-state index contributed by atoms with van der Waals surface area (Å²) < 4.78 is 418. The van der Waals surface area contributed by atoms with Crippen molar-refractivity contribution in [1.29, 1.82) is 0 Å². The predicted octanol–water partition coefficient (Wildman–Crippen LogP) is 6.59. The van der Waals surface area contributed by atoms with Gasteiger partial charge in [-0.05, 0) is 115 Å². The highest BCUT2D eigenvalue weighted by Gasteiger charge is 2.59. The van der Waals surface area contributed by atoms with E-state index in [-0.39, 0.29) is 93.7 Å². The molecule has 780 valence electrons. The van der Waals surface area contributed by atoms with Crippen LogP contribution in [0.5, 0.6) is 0 Å². The summed E-state index contributed by atoms with van der Waals surface area (Å²) in [7, 11) is -26.4. The first-order valence-corrected chi connectivity index (χ1v) is 49.9. The van der Waals surface area contributed by atoms with Crippen molar-refractivity contribution in [3.63, 3.8) is 0 Å². The highest BCUT2D eigenvalue weighted by atomic mass is 32.2. The fraction of sp³-hybridized carbons (Fsp3) is 0.868. The molecule has 7 aliphatic carbocycles. The van der Waals surface area contributed by atoms with Gasteiger partial charge < -0.3 is 89.1 Å². The van der Waals surface area contributed by atoms with Gasteiger partial charge in [0.1, 0.15) is 43.7 Å². The smallest absolute Gasteiger partial charge is 0.426 e. The number of carbonyl (C=O) groups excluding carboxylic acids is 10. The molecule has 11 rings (SSSR count). The van der Waals surface area contributed by atoms with E-state index in [1.807, 2.05) is 20.8 Å². The van der Waals surface area contributed by atoms with Gasteiger partial charge in [-0.25, -0.2) is 42.1 Å². The molecule has 0 aromatic heterocycles. The lowest BCUT2D eigenvalue weighted by molar-refractivity contribution is -0.222. The van der Waals surface area contributed by atoms with Crippen LogP contribution in [0.3, 0.4) is 0 Å². The minimum absolute atomic E-state index is 0.00327. The van der Waals surface area contributed by atoms with E-state index in [2.05, 4.69) is 23.7 Å². The Labute approximate surface area is 764 Å². The number of esters is 10. The van der Waals surface area contributed by atoms with Crippen LogP contribution in [0.1, 0.15) is 169 Å². The van der Waals surface area contributed by atoms with Crippen LogP contribution in [-0.2, 0) is 165 Å². The Hall–Kier alpha value is -6.96. The van der Waals surface area contributed by atoms with Crippen LogP contribution >= 0.6 is 0 Å². The molecule has 4 bridgehead atoms. The summed E-state index contributed by atoms with van der Waals surface area (Å²) in [4.78, 5) is 120. The van der Waals surface area contributed by atoms with Crippen LogP contribution in [0.4, 0.5) is 65.9 Å². The van der Waals surface area contributed by atoms with Gasteiger partial charge in [0, 0.05) is 5.41 Å². The Morgan fingerprint density at radius 1 is 0.363 bits per heavy atom. The van der Waals surface area contributed by atoms with Crippen molar-refractivity contribution in [1.82, 2.24) is 0 Å². The molecule has 0 aromatic rings. The molecule has 13 unspecified atom stereocenters. The summed E-state index contributed by atoms with van der Waals surface area (Å²) >= 11 is 0. The van der Waals surface area contributed by atoms with E-state index >= 15 is 0 Å². The quantitative estimate of drug-likeness (QED) is 0.0208. The van der Waals surface area contributed by atoms with Crippen molar-refractivity contribution in [3.05, 3.63) is 0 Å². The fourth-order valence-electron chi connectivity index (χ4n) is 16.0. The molecule has 0 spiro atoms. The van der Waals surface area contributed by atoms with Gasteiger partial charge in [-0.1, -0.05) is 52.4 Å². The summed E-state index contributed by atoms with van der Waals surface area (Å²) in [5, 5.41) is 0. The number of hydrogen-bond acceptors (Lipinski definition) is 39. The monoisotopic (exact) mass is 2080 g/mol. The number of epoxide rings is 2. The molecule has 11 aliphatic rings. The molecular weight excluding hydrogens is 1980 g/mol. The third-order valence-corrected chi connectivity index (χ3v) is 27.3. The average molecular weight is 2080 g/mol. The Morgan fingerprint density at radius 3 is 0.911 bits per heavy atom.